The molecule has 0 spiro atoms. The van der Waals surface area contributed by atoms with E-state index in [4.69, 9.17) is 5.73 Å². The highest BCUT2D eigenvalue weighted by atomic mass is 19.1. The van der Waals surface area contributed by atoms with Crippen LogP contribution in [-0.4, -0.2) is 27.7 Å². The first-order valence-electron chi connectivity index (χ1n) is 8.59. The molecular formula is C18H21FN6. The molecule has 130 valence electrons. The maximum absolute atomic E-state index is 13.1. The Balaban J connectivity index is 1.69. The lowest BCUT2D eigenvalue weighted by molar-refractivity contribution is 0.610. The minimum Gasteiger partial charge on any atom is -0.384 e. The van der Waals surface area contributed by atoms with Gasteiger partial charge in [-0.3, -0.25) is 0 Å². The fourth-order valence-electron chi connectivity index (χ4n) is 3.32. The zero-order valence-electron chi connectivity index (χ0n) is 13.9. The average molecular weight is 340 g/mol. The Morgan fingerprint density at radius 2 is 2.00 bits per heavy atom. The number of anilines is 3. The first-order chi connectivity index (χ1) is 12.2. The van der Waals surface area contributed by atoms with Gasteiger partial charge in [0, 0.05) is 23.7 Å². The summed E-state index contributed by atoms with van der Waals surface area (Å²) in [5.74, 6) is 1.11. The maximum Gasteiger partial charge on any atom is 0.247 e. The van der Waals surface area contributed by atoms with E-state index in [1.807, 2.05) is 6.07 Å². The summed E-state index contributed by atoms with van der Waals surface area (Å²) in [7, 11) is 0. The molecule has 6 nitrogen and oxygen atoms in total. The Morgan fingerprint density at radius 1 is 1.16 bits per heavy atom. The zero-order valence-corrected chi connectivity index (χ0v) is 13.9. The van der Waals surface area contributed by atoms with Crippen molar-refractivity contribution in [1.82, 2.24) is 19.9 Å². The van der Waals surface area contributed by atoms with Crippen molar-refractivity contribution >= 4 is 23.1 Å². The summed E-state index contributed by atoms with van der Waals surface area (Å²) in [5.41, 5.74) is 8.74. The van der Waals surface area contributed by atoms with Crippen LogP contribution in [0, 0.1) is 5.82 Å². The molecule has 3 heterocycles. The Kier molecular flexibility index (Phi) is 4.23. The molecule has 1 fully saturated rings. The van der Waals surface area contributed by atoms with Crippen molar-refractivity contribution in [2.45, 2.75) is 25.2 Å². The number of hydrogen-bond donors (Lipinski definition) is 3. The average Bonchev–Trinajstić information content (AvgIpc) is 2.85. The number of nitrogen functional groups attached to an aromatic ring is 1. The number of nitrogens with one attached hydrogen (secondary N) is 2. The predicted octanol–water partition coefficient (Wildman–Crippen LogP) is 3.05. The van der Waals surface area contributed by atoms with Crippen LogP contribution in [0.25, 0.3) is 5.65 Å². The summed E-state index contributed by atoms with van der Waals surface area (Å²) >= 11 is 0. The second-order valence-electron chi connectivity index (χ2n) is 6.41. The van der Waals surface area contributed by atoms with E-state index in [-0.39, 0.29) is 5.82 Å². The number of aromatic nitrogens is 3. The second kappa shape index (κ2) is 6.68. The van der Waals surface area contributed by atoms with Gasteiger partial charge >= 0.3 is 0 Å². The number of benzene rings is 1. The van der Waals surface area contributed by atoms with Crippen LogP contribution in [0.15, 0.2) is 36.4 Å². The molecule has 4 N–H and O–H groups in total. The van der Waals surface area contributed by atoms with Gasteiger partial charge in [0.25, 0.3) is 0 Å². The van der Waals surface area contributed by atoms with E-state index >= 15 is 0 Å². The van der Waals surface area contributed by atoms with Gasteiger partial charge in [0.2, 0.25) is 5.95 Å². The van der Waals surface area contributed by atoms with E-state index in [1.54, 1.807) is 16.6 Å². The Labute approximate surface area is 145 Å². The van der Waals surface area contributed by atoms with Crippen LogP contribution in [0.4, 0.5) is 21.8 Å². The fourth-order valence-corrected chi connectivity index (χ4v) is 3.32. The van der Waals surface area contributed by atoms with Gasteiger partial charge in [-0.2, -0.15) is 9.50 Å². The van der Waals surface area contributed by atoms with Gasteiger partial charge in [0.05, 0.1) is 0 Å². The summed E-state index contributed by atoms with van der Waals surface area (Å²) in [6, 6.07) is 10.0. The lowest BCUT2D eigenvalue weighted by atomic mass is 9.95. The molecule has 0 bridgehead atoms. The molecular weight excluding hydrogens is 319 g/mol. The number of hydrogen-bond acceptors (Lipinski definition) is 5. The van der Waals surface area contributed by atoms with E-state index in [0.717, 1.165) is 36.4 Å². The topological polar surface area (TPSA) is 80.3 Å². The smallest absolute Gasteiger partial charge is 0.247 e. The van der Waals surface area contributed by atoms with Crippen molar-refractivity contribution in [2.75, 3.05) is 24.1 Å². The van der Waals surface area contributed by atoms with Crippen molar-refractivity contribution in [3.8, 4) is 0 Å². The van der Waals surface area contributed by atoms with Gasteiger partial charge in [-0.1, -0.05) is 12.5 Å². The molecule has 3 aromatic rings. The van der Waals surface area contributed by atoms with Crippen molar-refractivity contribution in [3.63, 3.8) is 0 Å². The highest BCUT2D eigenvalue weighted by Crippen LogP contribution is 2.28. The third-order valence-electron chi connectivity index (χ3n) is 4.63. The monoisotopic (exact) mass is 340 g/mol. The molecule has 0 amide bonds. The maximum atomic E-state index is 13.1. The largest absolute Gasteiger partial charge is 0.384 e. The molecule has 1 aliphatic rings. The lowest BCUT2D eigenvalue weighted by Gasteiger charge is -2.15. The minimum absolute atomic E-state index is 0.277. The van der Waals surface area contributed by atoms with Gasteiger partial charge in [-0.15, -0.1) is 5.10 Å². The molecule has 2 aromatic heterocycles. The fraction of sp³-hybridized carbons (Fsp3) is 0.333. The first kappa shape index (κ1) is 15.8. The second-order valence-corrected chi connectivity index (χ2v) is 6.41. The van der Waals surface area contributed by atoms with Crippen LogP contribution in [0.5, 0.6) is 0 Å². The molecule has 7 heteroatoms. The Morgan fingerprint density at radius 3 is 2.84 bits per heavy atom. The van der Waals surface area contributed by atoms with E-state index in [1.165, 1.54) is 25.0 Å². The summed E-state index contributed by atoms with van der Waals surface area (Å²) < 4.78 is 14.7. The van der Waals surface area contributed by atoms with Crippen molar-refractivity contribution < 1.29 is 4.39 Å². The molecule has 1 unspecified atom stereocenters. The zero-order chi connectivity index (χ0) is 17.2. The Hall–Kier alpha value is -2.67. The number of halogens is 1. The highest BCUT2D eigenvalue weighted by Gasteiger charge is 2.20. The van der Waals surface area contributed by atoms with Crippen LogP contribution < -0.4 is 16.4 Å². The van der Waals surface area contributed by atoms with Crippen molar-refractivity contribution in [3.05, 3.63) is 47.8 Å². The summed E-state index contributed by atoms with van der Waals surface area (Å²) in [6.07, 6.45) is 3.52. The summed E-state index contributed by atoms with van der Waals surface area (Å²) in [6.45, 7) is 2.00. The van der Waals surface area contributed by atoms with Crippen LogP contribution in [0.1, 0.15) is 30.7 Å². The summed E-state index contributed by atoms with van der Waals surface area (Å²) in [4.78, 5) is 4.64. The number of nitrogens with zero attached hydrogens (tertiary/aromatic N) is 3. The molecule has 4 rings (SSSR count). The molecule has 1 aliphatic heterocycles. The molecule has 1 atom stereocenters. The van der Waals surface area contributed by atoms with Crippen LogP contribution in [0.3, 0.4) is 0 Å². The highest BCUT2D eigenvalue weighted by molar-refractivity contribution is 5.61. The third-order valence-corrected chi connectivity index (χ3v) is 4.63. The van der Waals surface area contributed by atoms with Gasteiger partial charge in [-0.05, 0) is 49.7 Å². The van der Waals surface area contributed by atoms with Gasteiger partial charge < -0.3 is 16.4 Å². The Bertz CT molecular complexity index is 865. The van der Waals surface area contributed by atoms with Crippen LogP contribution in [0.2, 0.25) is 0 Å². The van der Waals surface area contributed by atoms with Crippen LogP contribution in [-0.2, 0) is 0 Å². The number of pyridine rings is 1. The summed E-state index contributed by atoms with van der Waals surface area (Å²) in [5, 5.41) is 11.1. The van der Waals surface area contributed by atoms with Gasteiger partial charge in [0.1, 0.15) is 11.6 Å². The van der Waals surface area contributed by atoms with E-state index in [9.17, 15) is 4.39 Å². The molecule has 0 aliphatic carbocycles. The molecule has 0 radical (unpaired) electrons. The van der Waals surface area contributed by atoms with Crippen molar-refractivity contribution in [1.29, 1.82) is 0 Å². The van der Waals surface area contributed by atoms with E-state index in [0.29, 0.717) is 17.7 Å². The molecule has 1 aromatic carbocycles. The normalized spacial score (nSPS) is 18.2. The van der Waals surface area contributed by atoms with Gasteiger partial charge in [-0.25, -0.2) is 4.39 Å². The van der Waals surface area contributed by atoms with E-state index in [2.05, 4.69) is 26.8 Å². The standard InChI is InChI=1S/C18H21FN6/c19-13-4-6-14(7-5-13)22-18-23-17-15(8-9-16(20)25(17)24-18)12-3-1-2-10-21-11-12/h4-9,12,21H,1-3,10-11,20H2,(H,22,24). The predicted molar refractivity (Wildman–Crippen MR) is 96.5 cm³/mol. The third kappa shape index (κ3) is 3.28. The number of rotatable bonds is 3. The molecule has 1 saturated heterocycles. The van der Waals surface area contributed by atoms with Gasteiger partial charge in [0.15, 0.2) is 5.65 Å². The number of fused-ring (bicyclic) bond motifs is 1. The SMILES string of the molecule is Nc1ccc(C2CCCCNC2)c2nc(Nc3ccc(F)cc3)nn12. The number of nitrogens with two attached hydrogens (primary N) is 1. The lowest BCUT2D eigenvalue weighted by Crippen LogP contribution is -2.20. The van der Waals surface area contributed by atoms with Crippen molar-refractivity contribution in [2.24, 2.45) is 0 Å². The minimum atomic E-state index is -0.277. The molecule has 25 heavy (non-hydrogen) atoms. The van der Waals surface area contributed by atoms with E-state index < -0.39 is 0 Å². The quantitative estimate of drug-likeness (QED) is 0.683. The van der Waals surface area contributed by atoms with Crippen LogP contribution >= 0.6 is 0 Å². The first-order valence-corrected chi connectivity index (χ1v) is 8.59. The molecule has 0 saturated carbocycles.